The number of ketones is 1. The Morgan fingerprint density at radius 2 is 2.08 bits per heavy atom. The minimum atomic E-state index is 0.0991. The third kappa shape index (κ3) is 3.00. The molecule has 7 heteroatoms. The summed E-state index contributed by atoms with van der Waals surface area (Å²) in [6, 6.07) is 12.2. The molecule has 3 heterocycles. The average Bonchev–Trinajstić information content (AvgIpc) is 3.30. The standard InChI is InChI=1S/C17H13N3O2S2/c1-10(21)9-24-17-18-16(19-20-17)14-4-3-13(22-14)11-2-5-15-12(8-11)6-7-23-15/h2-8H,9H2,1H3,(H,18,19,20). The highest BCUT2D eigenvalue weighted by molar-refractivity contribution is 7.99. The van der Waals surface area contributed by atoms with Crippen molar-refractivity contribution in [3.05, 3.63) is 41.8 Å². The van der Waals surface area contributed by atoms with Crippen LogP contribution in [-0.2, 0) is 4.79 Å². The topological polar surface area (TPSA) is 71.8 Å². The molecule has 0 aliphatic rings. The number of nitrogens with one attached hydrogen (secondary N) is 1. The summed E-state index contributed by atoms with van der Waals surface area (Å²) in [6.07, 6.45) is 0. The fourth-order valence-electron chi connectivity index (χ4n) is 2.33. The van der Waals surface area contributed by atoms with E-state index in [-0.39, 0.29) is 5.78 Å². The number of aromatic nitrogens is 3. The summed E-state index contributed by atoms with van der Waals surface area (Å²) in [4.78, 5) is 14.1. The number of Topliss-reactive ketones (excluding diaryl/α,β-unsaturated/α-hetero) is 1. The lowest BCUT2D eigenvalue weighted by molar-refractivity contribution is -0.114. The molecule has 24 heavy (non-hydrogen) atoms. The maximum absolute atomic E-state index is 11.0. The molecular weight excluding hydrogens is 342 g/mol. The number of carbonyl (C=O) groups is 1. The van der Waals surface area contributed by atoms with E-state index in [1.165, 1.54) is 21.8 Å². The smallest absolute Gasteiger partial charge is 0.197 e. The summed E-state index contributed by atoms with van der Waals surface area (Å²) in [5, 5.41) is 12.0. The van der Waals surface area contributed by atoms with Crippen LogP contribution >= 0.6 is 23.1 Å². The molecule has 0 aliphatic heterocycles. The van der Waals surface area contributed by atoms with Crippen LogP contribution in [0.1, 0.15) is 6.92 Å². The van der Waals surface area contributed by atoms with E-state index in [1.54, 1.807) is 18.3 Å². The first-order valence-corrected chi connectivity index (χ1v) is 9.18. The second-order valence-electron chi connectivity index (χ2n) is 5.31. The number of hydrogen-bond donors (Lipinski definition) is 1. The number of aromatic amines is 1. The number of hydrogen-bond acceptors (Lipinski definition) is 6. The highest BCUT2D eigenvalue weighted by Gasteiger charge is 2.12. The van der Waals surface area contributed by atoms with E-state index in [1.807, 2.05) is 12.1 Å². The van der Waals surface area contributed by atoms with Crippen LogP contribution in [0.15, 0.2) is 51.4 Å². The summed E-state index contributed by atoms with van der Waals surface area (Å²) >= 11 is 3.05. The Morgan fingerprint density at radius 1 is 1.21 bits per heavy atom. The van der Waals surface area contributed by atoms with Gasteiger partial charge in [0, 0.05) is 10.3 Å². The molecule has 0 saturated heterocycles. The van der Waals surface area contributed by atoms with Crippen LogP contribution in [0.2, 0.25) is 0 Å². The van der Waals surface area contributed by atoms with E-state index >= 15 is 0 Å². The molecule has 0 atom stereocenters. The zero-order valence-corrected chi connectivity index (χ0v) is 14.4. The molecule has 0 saturated carbocycles. The van der Waals surface area contributed by atoms with Gasteiger partial charge in [0.15, 0.2) is 16.7 Å². The SMILES string of the molecule is CC(=O)CSc1nnc(-c2ccc(-c3ccc4sccc4c3)o2)[nH]1. The predicted octanol–water partition coefficient (Wildman–Crippen LogP) is 4.63. The lowest BCUT2D eigenvalue weighted by atomic mass is 10.1. The van der Waals surface area contributed by atoms with Crippen LogP contribution in [0.4, 0.5) is 0 Å². The van der Waals surface area contributed by atoms with E-state index < -0.39 is 0 Å². The van der Waals surface area contributed by atoms with Crippen molar-refractivity contribution in [2.45, 2.75) is 12.1 Å². The quantitative estimate of drug-likeness (QED) is 0.529. The van der Waals surface area contributed by atoms with E-state index in [0.717, 1.165) is 11.3 Å². The minimum absolute atomic E-state index is 0.0991. The van der Waals surface area contributed by atoms with Crippen LogP contribution in [0.5, 0.6) is 0 Å². The summed E-state index contributed by atoms with van der Waals surface area (Å²) < 4.78 is 7.17. The van der Waals surface area contributed by atoms with E-state index in [0.29, 0.717) is 22.5 Å². The van der Waals surface area contributed by atoms with Gasteiger partial charge in [0.2, 0.25) is 0 Å². The molecule has 0 unspecified atom stereocenters. The van der Waals surface area contributed by atoms with Gasteiger partial charge in [-0.2, -0.15) is 0 Å². The zero-order valence-electron chi connectivity index (χ0n) is 12.8. The van der Waals surface area contributed by atoms with Crippen molar-refractivity contribution in [3.8, 4) is 22.9 Å². The summed E-state index contributed by atoms with van der Waals surface area (Å²) in [7, 11) is 0. The lowest BCUT2D eigenvalue weighted by Crippen LogP contribution is -1.93. The van der Waals surface area contributed by atoms with Crippen LogP contribution in [0, 0.1) is 0 Å². The molecule has 0 bridgehead atoms. The molecule has 0 aliphatic carbocycles. The van der Waals surface area contributed by atoms with Crippen molar-refractivity contribution in [1.82, 2.24) is 15.2 Å². The van der Waals surface area contributed by atoms with E-state index in [2.05, 4.69) is 44.8 Å². The van der Waals surface area contributed by atoms with Crippen molar-refractivity contribution >= 4 is 39.0 Å². The summed E-state index contributed by atoms with van der Waals surface area (Å²) in [6.45, 7) is 1.55. The number of nitrogens with zero attached hydrogens (tertiary/aromatic N) is 2. The predicted molar refractivity (Wildman–Crippen MR) is 96.3 cm³/mol. The van der Waals surface area contributed by atoms with E-state index in [4.69, 9.17) is 4.42 Å². The van der Waals surface area contributed by atoms with Crippen molar-refractivity contribution in [1.29, 1.82) is 0 Å². The molecule has 120 valence electrons. The van der Waals surface area contributed by atoms with E-state index in [9.17, 15) is 4.79 Å². The highest BCUT2D eigenvalue weighted by Crippen LogP contribution is 2.31. The number of carbonyl (C=O) groups excluding carboxylic acids is 1. The van der Waals surface area contributed by atoms with Gasteiger partial charge in [-0.3, -0.25) is 4.79 Å². The Morgan fingerprint density at radius 3 is 2.96 bits per heavy atom. The number of rotatable bonds is 5. The Kier molecular flexibility index (Phi) is 3.95. The number of thiophene rings is 1. The van der Waals surface area contributed by atoms with Crippen molar-refractivity contribution in [3.63, 3.8) is 0 Å². The first-order chi connectivity index (χ1) is 11.7. The molecule has 0 radical (unpaired) electrons. The molecule has 4 rings (SSSR count). The van der Waals surface area contributed by atoms with Gasteiger partial charge in [-0.1, -0.05) is 11.8 Å². The molecule has 3 aromatic heterocycles. The van der Waals surface area contributed by atoms with Crippen LogP contribution in [0.3, 0.4) is 0 Å². The van der Waals surface area contributed by atoms with Gasteiger partial charge in [0.1, 0.15) is 11.5 Å². The molecule has 1 aromatic carbocycles. The summed E-state index contributed by atoms with van der Waals surface area (Å²) in [5.41, 5.74) is 1.03. The monoisotopic (exact) mass is 355 g/mol. The van der Waals surface area contributed by atoms with Gasteiger partial charge < -0.3 is 9.40 Å². The largest absolute Gasteiger partial charge is 0.453 e. The average molecular weight is 355 g/mol. The lowest BCUT2D eigenvalue weighted by Gasteiger charge is -1.97. The fraction of sp³-hybridized carbons (Fsp3) is 0.118. The normalized spacial score (nSPS) is 11.2. The maximum atomic E-state index is 11.0. The number of H-pyrrole nitrogens is 1. The van der Waals surface area contributed by atoms with Crippen molar-refractivity contribution in [2.24, 2.45) is 0 Å². The second-order valence-corrected chi connectivity index (χ2v) is 7.22. The first kappa shape index (κ1) is 15.2. The van der Waals surface area contributed by atoms with Crippen molar-refractivity contribution < 1.29 is 9.21 Å². The van der Waals surface area contributed by atoms with Gasteiger partial charge >= 0.3 is 0 Å². The second kappa shape index (κ2) is 6.26. The van der Waals surface area contributed by atoms with Gasteiger partial charge in [0.25, 0.3) is 0 Å². The van der Waals surface area contributed by atoms with Crippen LogP contribution in [-0.4, -0.2) is 26.7 Å². The molecule has 0 fully saturated rings. The van der Waals surface area contributed by atoms with Crippen molar-refractivity contribution in [2.75, 3.05) is 5.75 Å². The maximum Gasteiger partial charge on any atom is 0.197 e. The Bertz CT molecular complexity index is 1020. The molecule has 0 spiro atoms. The van der Waals surface area contributed by atoms with Gasteiger partial charge in [-0.25, -0.2) is 0 Å². The number of benzene rings is 1. The Balaban J connectivity index is 1.59. The van der Waals surface area contributed by atoms with Gasteiger partial charge in [-0.15, -0.1) is 21.5 Å². The first-order valence-electron chi connectivity index (χ1n) is 7.32. The molecular formula is C17H13N3O2S2. The van der Waals surface area contributed by atoms with Gasteiger partial charge in [-0.05, 0) is 54.1 Å². The highest BCUT2D eigenvalue weighted by atomic mass is 32.2. The minimum Gasteiger partial charge on any atom is -0.453 e. The Hall–Kier alpha value is -2.38. The van der Waals surface area contributed by atoms with Gasteiger partial charge in [0.05, 0.1) is 5.75 Å². The number of furan rings is 1. The summed E-state index contributed by atoms with van der Waals surface area (Å²) in [5.74, 6) is 2.44. The third-order valence-corrected chi connectivity index (χ3v) is 5.36. The molecule has 0 amide bonds. The Labute approximate surface area is 146 Å². The molecule has 1 N–H and O–H groups in total. The molecule has 5 nitrogen and oxygen atoms in total. The zero-order chi connectivity index (χ0) is 16.5. The number of thioether (sulfide) groups is 1. The van der Waals surface area contributed by atoms with Crippen LogP contribution < -0.4 is 0 Å². The number of fused-ring (bicyclic) bond motifs is 1. The van der Waals surface area contributed by atoms with Crippen LogP contribution in [0.25, 0.3) is 33.0 Å². The fourth-order valence-corrected chi connectivity index (χ4v) is 3.71. The molecule has 4 aromatic rings. The third-order valence-electron chi connectivity index (χ3n) is 3.45.